The molecule has 0 aliphatic carbocycles. The summed E-state index contributed by atoms with van der Waals surface area (Å²) in [7, 11) is -4.30. The maximum absolute atomic E-state index is 12.2. The van der Waals surface area contributed by atoms with Crippen LogP contribution in [0.1, 0.15) is 76.0 Å². The van der Waals surface area contributed by atoms with Gasteiger partial charge in [-0.25, -0.2) is 0 Å². The molecular formula is C19H26O3S. The Morgan fingerprint density at radius 2 is 1.35 bits per heavy atom. The predicted octanol–water partition coefficient (Wildman–Crippen LogP) is 5.46. The molecule has 3 nitrogen and oxygen atoms in total. The van der Waals surface area contributed by atoms with E-state index in [9.17, 15) is 13.0 Å². The van der Waals surface area contributed by atoms with Gasteiger partial charge in [0.15, 0.2) is 0 Å². The number of rotatable bonds is 4. The topological polar surface area (TPSA) is 54.4 Å². The van der Waals surface area contributed by atoms with Crippen LogP contribution in [-0.4, -0.2) is 13.0 Å². The van der Waals surface area contributed by atoms with E-state index in [-0.39, 0.29) is 22.6 Å². The van der Waals surface area contributed by atoms with Gasteiger partial charge in [0, 0.05) is 5.39 Å². The Hall–Kier alpha value is -1.39. The first-order valence-corrected chi connectivity index (χ1v) is 9.56. The highest BCUT2D eigenvalue weighted by Crippen LogP contribution is 2.40. The lowest BCUT2D eigenvalue weighted by molar-refractivity contribution is 0.482. The van der Waals surface area contributed by atoms with Crippen LogP contribution >= 0.6 is 0 Å². The first kappa shape index (κ1) is 18.0. The summed E-state index contributed by atoms with van der Waals surface area (Å²) < 4.78 is 34.3. The fourth-order valence-electron chi connectivity index (χ4n) is 3.18. The van der Waals surface area contributed by atoms with E-state index in [1.165, 1.54) is 0 Å². The normalized spacial score (nSPS) is 12.8. The molecule has 0 aromatic heterocycles. The molecule has 2 aromatic rings. The molecule has 0 saturated heterocycles. The first-order chi connectivity index (χ1) is 10.6. The molecule has 0 fully saturated rings. The molecule has 0 atom stereocenters. The second kappa shape index (κ2) is 6.25. The minimum absolute atomic E-state index is 0.00837. The molecule has 0 radical (unpaired) electrons. The van der Waals surface area contributed by atoms with E-state index < -0.39 is 10.1 Å². The summed E-state index contributed by atoms with van der Waals surface area (Å²) in [5.41, 5.74) is 2.77. The van der Waals surface area contributed by atoms with Crippen LogP contribution in [0.15, 0.2) is 29.2 Å². The standard InChI is InChI=1S/C19H26O3S/c1-11(2)14-8-7-9-15-16(12(3)4)10-17(13(5)6)19(18(14)15)23(20,21)22/h7-13H,1-6H3,(H,20,21,22). The van der Waals surface area contributed by atoms with Gasteiger partial charge >= 0.3 is 0 Å². The third kappa shape index (κ3) is 3.29. The van der Waals surface area contributed by atoms with Crippen LogP contribution in [0, 0.1) is 0 Å². The Morgan fingerprint density at radius 1 is 0.826 bits per heavy atom. The van der Waals surface area contributed by atoms with Crippen LogP contribution in [0.2, 0.25) is 0 Å². The lowest BCUT2D eigenvalue weighted by atomic mass is 9.86. The van der Waals surface area contributed by atoms with Crippen LogP contribution in [0.5, 0.6) is 0 Å². The summed E-state index contributed by atoms with van der Waals surface area (Å²) in [5, 5.41) is 1.60. The van der Waals surface area contributed by atoms with Gasteiger partial charge in [-0.05, 0) is 39.8 Å². The van der Waals surface area contributed by atoms with Crippen molar-refractivity contribution in [1.82, 2.24) is 0 Å². The van der Waals surface area contributed by atoms with Gasteiger partial charge in [-0.15, -0.1) is 0 Å². The lowest BCUT2D eigenvalue weighted by Crippen LogP contribution is -2.09. The largest absolute Gasteiger partial charge is 0.295 e. The average molecular weight is 334 g/mol. The Kier molecular flexibility index (Phi) is 4.88. The number of fused-ring (bicyclic) bond motifs is 1. The smallest absolute Gasteiger partial charge is 0.282 e. The molecular weight excluding hydrogens is 308 g/mol. The first-order valence-electron chi connectivity index (χ1n) is 8.12. The van der Waals surface area contributed by atoms with E-state index >= 15 is 0 Å². The Balaban J connectivity index is 3.17. The Morgan fingerprint density at radius 3 is 1.78 bits per heavy atom. The molecule has 0 aliphatic heterocycles. The summed E-state index contributed by atoms with van der Waals surface area (Å²) in [6.45, 7) is 12.2. The van der Waals surface area contributed by atoms with E-state index in [1.54, 1.807) is 0 Å². The van der Waals surface area contributed by atoms with Gasteiger partial charge in [-0.3, -0.25) is 4.55 Å². The molecule has 0 saturated carbocycles. The van der Waals surface area contributed by atoms with Gasteiger partial charge < -0.3 is 0 Å². The quantitative estimate of drug-likeness (QED) is 0.756. The van der Waals surface area contributed by atoms with Crippen LogP contribution in [-0.2, 0) is 10.1 Å². The summed E-state index contributed by atoms with van der Waals surface area (Å²) in [6.07, 6.45) is 0. The van der Waals surface area contributed by atoms with Gasteiger partial charge in [0.25, 0.3) is 10.1 Å². The minimum atomic E-state index is -4.30. The second-order valence-electron chi connectivity index (χ2n) is 7.09. The van der Waals surface area contributed by atoms with Crippen molar-refractivity contribution in [3.05, 3.63) is 41.0 Å². The number of hydrogen-bond acceptors (Lipinski definition) is 2. The summed E-state index contributed by atoms with van der Waals surface area (Å²) in [4.78, 5) is 0.0798. The lowest BCUT2D eigenvalue weighted by Gasteiger charge is -2.22. The monoisotopic (exact) mass is 334 g/mol. The third-order valence-electron chi connectivity index (χ3n) is 4.33. The summed E-state index contributed by atoms with van der Waals surface area (Å²) in [5.74, 6) is 0.448. The van der Waals surface area contributed by atoms with Gasteiger partial charge in [-0.2, -0.15) is 8.42 Å². The molecule has 23 heavy (non-hydrogen) atoms. The van der Waals surface area contributed by atoms with Gasteiger partial charge in [-0.1, -0.05) is 65.8 Å². The van der Waals surface area contributed by atoms with E-state index in [0.29, 0.717) is 10.9 Å². The highest BCUT2D eigenvalue weighted by molar-refractivity contribution is 7.86. The molecule has 0 aliphatic rings. The highest BCUT2D eigenvalue weighted by Gasteiger charge is 2.26. The second-order valence-corrected chi connectivity index (χ2v) is 8.45. The fourth-order valence-corrected chi connectivity index (χ4v) is 4.26. The van der Waals surface area contributed by atoms with Crippen LogP contribution in [0.3, 0.4) is 0 Å². The Bertz CT molecular complexity index is 831. The van der Waals surface area contributed by atoms with Crippen molar-refractivity contribution in [2.24, 2.45) is 0 Å². The van der Waals surface area contributed by atoms with Gasteiger partial charge in [0.1, 0.15) is 4.90 Å². The van der Waals surface area contributed by atoms with E-state index in [1.807, 2.05) is 52.0 Å². The molecule has 1 N–H and O–H groups in total. The van der Waals surface area contributed by atoms with Gasteiger partial charge in [0.2, 0.25) is 0 Å². The zero-order chi connectivity index (χ0) is 17.5. The zero-order valence-corrected chi connectivity index (χ0v) is 15.5. The molecule has 0 spiro atoms. The van der Waals surface area contributed by atoms with Crippen molar-refractivity contribution in [3.63, 3.8) is 0 Å². The van der Waals surface area contributed by atoms with E-state index in [2.05, 4.69) is 13.8 Å². The number of benzene rings is 2. The minimum Gasteiger partial charge on any atom is -0.282 e. The SMILES string of the molecule is CC(C)c1cc(C(C)C)c2cccc(C(C)C)c2c1S(=O)(=O)O. The average Bonchev–Trinajstić information content (AvgIpc) is 2.42. The molecule has 2 aromatic carbocycles. The summed E-state index contributed by atoms with van der Waals surface area (Å²) in [6, 6.07) is 7.82. The van der Waals surface area contributed by atoms with Crippen LogP contribution in [0.4, 0.5) is 0 Å². The van der Waals surface area contributed by atoms with Crippen molar-refractivity contribution in [1.29, 1.82) is 0 Å². The van der Waals surface area contributed by atoms with Crippen molar-refractivity contribution in [2.45, 2.75) is 64.2 Å². The zero-order valence-electron chi connectivity index (χ0n) is 14.7. The predicted molar refractivity (Wildman–Crippen MR) is 96.0 cm³/mol. The third-order valence-corrected chi connectivity index (χ3v) is 5.29. The highest BCUT2D eigenvalue weighted by atomic mass is 32.2. The summed E-state index contributed by atoms with van der Waals surface area (Å²) >= 11 is 0. The number of hydrogen-bond donors (Lipinski definition) is 1. The van der Waals surface area contributed by atoms with Crippen molar-refractivity contribution in [2.75, 3.05) is 0 Å². The Labute approximate surface area is 139 Å². The van der Waals surface area contributed by atoms with Crippen molar-refractivity contribution >= 4 is 20.9 Å². The molecule has 0 bridgehead atoms. The molecule has 0 unspecified atom stereocenters. The maximum Gasteiger partial charge on any atom is 0.295 e. The molecule has 4 heteroatoms. The molecule has 0 heterocycles. The van der Waals surface area contributed by atoms with Crippen molar-refractivity contribution in [3.8, 4) is 0 Å². The molecule has 0 amide bonds. The fraction of sp³-hybridized carbons (Fsp3) is 0.474. The van der Waals surface area contributed by atoms with Crippen molar-refractivity contribution < 1.29 is 13.0 Å². The molecule has 2 rings (SSSR count). The van der Waals surface area contributed by atoms with E-state index in [0.717, 1.165) is 16.5 Å². The van der Waals surface area contributed by atoms with Gasteiger partial charge in [0.05, 0.1) is 0 Å². The maximum atomic E-state index is 12.2. The molecule has 126 valence electrons. The van der Waals surface area contributed by atoms with E-state index in [4.69, 9.17) is 0 Å². The van der Waals surface area contributed by atoms with Crippen LogP contribution in [0.25, 0.3) is 10.8 Å². The van der Waals surface area contributed by atoms with Crippen LogP contribution < -0.4 is 0 Å².